The lowest BCUT2D eigenvalue weighted by molar-refractivity contribution is -0.153. The Hall–Kier alpha value is -1.58. The normalized spacial score (nSPS) is 26.6. The van der Waals surface area contributed by atoms with Gasteiger partial charge >= 0.3 is 11.9 Å². The second-order valence-corrected chi connectivity index (χ2v) is 4.69. The van der Waals surface area contributed by atoms with E-state index < -0.39 is 11.8 Å². The molecule has 0 amide bonds. The molecule has 98 valence electrons. The fourth-order valence-electron chi connectivity index (χ4n) is 2.68. The number of allylic oxidation sites excluding steroid dienone is 2. The monoisotopic (exact) mass is 250 g/mol. The van der Waals surface area contributed by atoms with E-state index >= 15 is 0 Å². The number of esters is 2. The van der Waals surface area contributed by atoms with Gasteiger partial charge < -0.3 is 9.47 Å². The van der Waals surface area contributed by atoms with Crippen molar-refractivity contribution in [1.82, 2.24) is 0 Å². The van der Waals surface area contributed by atoms with Crippen molar-refractivity contribution in [2.75, 3.05) is 14.2 Å². The van der Waals surface area contributed by atoms with Gasteiger partial charge in [0.05, 0.1) is 26.1 Å². The molecule has 4 nitrogen and oxygen atoms in total. The summed E-state index contributed by atoms with van der Waals surface area (Å²) in [6.45, 7) is 0. The van der Waals surface area contributed by atoms with Gasteiger partial charge in [-0.1, -0.05) is 12.2 Å². The Morgan fingerprint density at radius 1 is 0.944 bits per heavy atom. The van der Waals surface area contributed by atoms with Gasteiger partial charge in [0.2, 0.25) is 0 Å². The second kappa shape index (κ2) is 5.38. The summed E-state index contributed by atoms with van der Waals surface area (Å²) >= 11 is 0. The molecule has 4 heteroatoms. The Kier molecular flexibility index (Phi) is 3.84. The SMILES string of the molecule is COC(=O)[C@@H]1C=C2CCCCC2=C[C@H]1C(=O)OC. The third-order valence-electron chi connectivity index (χ3n) is 3.65. The summed E-state index contributed by atoms with van der Waals surface area (Å²) in [5, 5.41) is 0. The van der Waals surface area contributed by atoms with Crippen molar-refractivity contribution in [2.24, 2.45) is 11.8 Å². The first kappa shape index (κ1) is 12.9. The van der Waals surface area contributed by atoms with Gasteiger partial charge in [-0.2, -0.15) is 0 Å². The van der Waals surface area contributed by atoms with E-state index in [-0.39, 0.29) is 11.9 Å². The van der Waals surface area contributed by atoms with E-state index in [1.54, 1.807) is 0 Å². The maximum absolute atomic E-state index is 11.8. The molecule has 0 aliphatic heterocycles. The lowest BCUT2D eigenvalue weighted by Crippen LogP contribution is -2.32. The number of methoxy groups -OCH3 is 2. The van der Waals surface area contributed by atoms with Crippen LogP contribution in [0.4, 0.5) is 0 Å². The largest absolute Gasteiger partial charge is 0.469 e. The maximum Gasteiger partial charge on any atom is 0.313 e. The van der Waals surface area contributed by atoms with Gasteiger partial charge in [-0.3, -0.25) is 9.59 Å². The van der Waals surface area contributed by atoms with E-state index in [4.69, 9.17) is 9.47 Å². The molecular weight excluding hydrogens is 232 g/mol. The average Bonchev–Trinajstić information content (AvgIpc) is 2.44. The molecule has 2 atom stereocenters. The van der Waals surface area contributed by atoms with E-state index in [2.05, 4.69) is 0 Å². The Balaban J connectivity index is 2.31. The zero-order valence-corrected chi connectivity index (χ0v) is 10.8. The van der Waals surface area contributed by atoms with Crippen LogP contribution in [0.25, 0.3) is 0 Å². The summed E-state index contributed by atoms with van der Waals surface area (Å²) in [7, 11) is 2.69. The molecule has 0 N–H and O–H groups in total. The molecule has 0 unspecified atom stereocenters. The number of rotatable bonds is 2. The van der Waals surface area contributed by atoms with Gasteiger partial charge in [-0.15, -0.1) is 0 Å². The highest BCUT2D eigenvalue weighted by Crippen LogP contribution is 2.37. The van der Waals surface area contributed by atoms with Crippen molar-refractivity contribution >= 4 is 11.9 Å². The quantitative estimate of drug-likeness (QED) is 0.703. The van der Waals surface area contributed by atoms with Crippen LogP contribution in [-0.4, -0.2) is 26.2 Å². The predicted octanol–water partition coefficient (Wildman–Crippen LogP) is 2.01. The zero-order valence-electron chi connectivity index (χ0n) is 10.8. The summed E-state index contributed by atoms with van der Waals surface area (Å²) in [5.74, 6) is -1.84. The van der Waals surface area contributed by atoms with Crippen LogP contribution in [0.1, 0.15) is 25.7 Å². The minimum atomic E-state index is -0.542. The van der Waals surface area contributed by atoms with Crippen LogP contribution < -0.4 is 0 Å². The fraction of sp³-hybridized carbons (Fsp3) is 0.571. The predicted molar refractivity (Wildman–Crippen MR) is 65.6 cm³/mol. The van der Waals surface area contributed by atoms with Crippen molar-refractivity contribution in [2.45, 2.75) is 25.7 Å². The summed E-state index contributed by atoms with van der Waals surface area (Å²) in [5.41, 5.74) is 2.38. The zero-order chi connectivity index (χ0) is 13.1. The smallest absolute Gasteiger partial charge is 0.313 e. The molecule has 0 heterocycles. The van der Waals surface area contributed by atoms with E-state index in [1.807, 2.05) is 12.2 Å². The molecule has 1 saturated carbocycles. The minimum Gasteiger partial charge on any atom is -0.469 e. The van der Waals surface area contributed by atoms with Gasteiger partial charge in [0.25, 0.3) is 0 Å². The minimum absolute atomic E-state index is 0.376. The van der Waals surface area contributed by atoms with Crippen LogP contribution >= 0.6 is 0 Å². The molecule has 1 fully saturated rings. The number of carbonyl (C=O) groups is 2. The highest BCUT2D eigenvalue weighted by molar-refractivity contribution is 5.86. The van der Waals surface area contributed by atoms with Crippen molar-refractivity contribution in [3.05, 3.63) is 23.3 Å². The summed E-state index contributed by atoms with van der Waals surface area (Å²) in [6, 6.07) is 0. The number of hydrogen-bond acceptors (Lipinski definition) is 4. The molecule has 0 spiro atoms. The Bertz CT molecular complexity index is 380. The second-order valence-electron chi connectivity index (χ2n) is 4.69. The van der Waals surface area contributed by atoms with E-state index in [1.165, 1.54) is 25.4 Å². The van der Waals surface area contributed by atoms with Crippen LogP contribution in [0.15, 0.2) is 23.3 Å². The van der Waals surface area contributed by atoms with Crippen LogP contribution in [0.5, 0.6) is 0 Å². The van der Waals surface area contributed by atoms with Gasteiger partial charge in [-0.25, -0.2) is 0 Å². The lowest BCUT2D eigenvalue weighted by atomic mass is 9.77. The molecule has 2 aliphatic carbocycles. The number of carbonyl (C=O) groups excluding carboxylic acids is 2. The molecule has 0 radical (unpaired) electrons. The third kappa shape index (κ3) is 2.33. The standard InChI is InChI=1S/C14H18O4/c1-17-13(15)11-7-9-5-3-4-6-10(9)8-12(11)14(16)18-2/h7-8,11-12H,3-6H2,1-2H3/t11-,12-/m1/s1. The highest BCUT2D eigenvalue weighted by Gasteiger charge is 2.36. The van der Waals surface area contributed by atoms with E-state index in [9.17, 15) is 9.59 Å². The van der Waals surface area contributed by atoms with Crippen molar-refractivity contribution < 1.29 is 19.1 Å². The number of fused-ring (bicyclic) bond motifs is 1. The molecule has 0 bridgehead atoms. The molecule has 18 heavy (non-hydrogen) atoms. The third-order valence-corrected chi connectivity index (χ3v) is 3.65. The molecule has 0 aromatic rings. The molecule has 0 aromatic carbocycles. The van der Waals surface area contributed by atoms with Gasteiger partial charge in [0, 0.05) is 0 Å². The summed E-state index contributed by atoms with van der Waals surface area (Å²) < 4.78 is 9.55. The van der Waals surface area contributed by atoms with Crippen LogP contribution in [-0.2, 0) is 19.1 Å². The Labute approximate surface area is 107 Å². The van der Waals surface area contributed by atoms with Crippen molar-refractivity contribution in [3.8, 4) is 0 Å². The van der Waals surface area contributed by atoms with Gasteiger partial charge in [-0.05, 0) is 36.8 Å². The Morgan fingerprint density at radius 3 is 1.67 bits per heavy atom. The van der Waals surface area contributed by atoms with Crippen LogP contribution in [0.3, 0.4) is 0 Å². The fourth-order valence-corrected chi connectivity index (χ4v) is 2.68. The summed E-state index contributed by atoms with van der Waals surface area (Å²) in [4.78, 5) is 23.5. The maximum atomic E-state index is 11.8. The first-order valence-corrected chi connectivity index (χ1v) is 6.24. The summed E-state index contributed by atoms with van der Waals surface area (Å²) in [6.07, 6.45) is 8.02. The van der Waals surface area contributed by atoms with E-state index in [0.29, 0.717) is 0 Å². The first-order chi connectivity index (χ1) is 8.67. The van der Waals surface area contributed by atoms with Crippen LogP contribution in [0, 0.1) is 11.8 Å². The van der Waals surface area contributed by atoms with Gasteiger partial charge in [0.1, 0.15) is 0 Å². The van der Waals surface area contributed by atoms with Crippen molar-refractivity contribution in [1.29, 1.82) is 0 Å². The molecule has 0 saturated heterocycles. The topological polar surface area (TPSA) is 52.6 Å². The van der Waals surface area contributed by atoms with E-state index in [0.717, 1.165) is 25.7 Å². The number of hydrogen-bond donors (Lipinski definition) is 0. The molecule has 2 aliphatic rings. The molecular formula is C14H18O4. The first-order valence-electron chi connectivity index (χ1n) is 6.24. The molecule has 0 aromatic heterocycles. The van der Waals surface area contributed by atoms with Crippen molar-refractivity contribution in [3.63, 3.8) is 0 Å². The Morgan fingerprint density at radius 2 is 1.33 bits per heavy atom. The lowest BCUT2D eigenvalue weighted by Gasteiger charge is -2.28. The highest BCUT2D eigenvalue weighted by atomic mass is 16.5. The van der Waals surface area contributed by atoms with Crippen LogP contribution in [0.2, 0.25) is 0 Å². The average molecular weight is 250 g/mol. The molecule has 2 rings (SSSR count). The number of ether oxygens (including phenoxy) is 2. The van der Waals surface area contributed by atoms with Gasteiger partial charge in [0.15, 0.2) is 0 Å².